The van der Waals surface area contributed by atoms with E-state index in [1.54, 1.807) is 0 Å². The van der Waals surface area contributed by atoms with Crippen LogP contribution in [-0.2, 0) is 0 Å². The molecule has 0 atom stereocenters. The van der Waals surface area contributed by atoms with Crippen molar-refractivity contribution in [2.45, 2.75) is 10.0 Å². The first kappa shape index (κ1) is 11.3. The van der Waals surface area contributed by atoms with E-state index in [-0.39, 0.29) is 4.46 Å². The summed E-state index contributed by atoms with van der Waals surface area (Å²) < 4.78 is -0.181. The van der Waals surface area contributed by atoms with Crippen molar-refractivity contribution in [2.75, 3.05) is 0 Å². The standard InChI is InChI=1S/C14H12Cl2Si/c15-14(16)17-13-11-7-3-1-5-9(11)10-6-2-4-8-12(10)13/h1-8,13-14H,17H2. The first-order valence-electron chi connectivity index (χ1n) is 5.73. The Hall–Kier alpha value is -0.763. The van der Waals surface area contributed by atoms with E-state index in [9.17, 15) is 0 Å². The Morgan fingerprint density at radius 2 is 1.29 bits per heavy atom. The van der Waals surface area contributed by atoms with Crippen molar-refractivity contribution >= 4 is 32.7 Å². The highest BCUT2D eigenvalue weighted by Gasteiger charge is 2.29. The number of halogens is 2. The van der Waals surface area contributed by atoms with Gasteiger partial charge in [0.05, 0.1) is 14.0 Å². The summed E-state index contributed by atoms with van der Waals surface area (Å²) in [6, 6.07) is 17.2. The number of rotatable bonds is 2. The molecule has 1 aliphatic rings. The van der Waals surface area contributed by atoms with Crippen molar-refractivity contribution in [3.63, 3.8) is 0 Å². The van der Waals surface area contributed by atoms with Crippen LogP contribution in [-0.4, -0.2) is 14.0 Å². The maximum atomic E-state index is 6.02. The van der Waals surface area contributed by atoms with Gasteiger partial charge in [0.2, 0.25) is 0 Å². The fourth-order valence-corrected chi connectivity index (χ4v) is 5.34. The van der Waals surface area contributed by atoms with Crippen LogP contribution in [0.3, 0.4) is 0 Å². The molecule has 0 spiro atoms. The molecule has 3 rings (SSSR count). The molecular formula is C14H12Cl2Si. The molecule has 0 amide bonds. The topological polar surface area (TPSA) is 0 Å². The zero-order chi connectivity index (χ0) is 11.8. The summed E-state index contributed by atoms with van der Waals surface area (Å²) in [4.78, 5) is 0. The van der Waals surface area contributed by atoms with Crippen LogP contribution < -0.4 is 0 Å². The van der Waals surface area contributed by atoms with E-state index in [1.165, 1.54) is 22.3 Å². The molecule has 0 saturated heterocycles. The van der Waals surface area contributed by atoms with Crippen LogP contribution in [0.5, 0.6) is 0 Å². The Labute approximate surface area is 113 Å². The second-order valence-electron chi connectivity index (χ2n) is 4.35. The Bertz CT molecular complexity index is 506. The molecule has 17 heavy (non-hydrogen) atoms. The van der Waals surface area contributed by atoms with Gasteiger partial charge < -0.3 is 0 Å². The molecule has 2 aromatic rings. The van der Waals surface area contributed by atoms with E-state index in [2.05, 4.69) is 48.5 Å². The molecule has 0 aliphatic heterocycles. The fourth-order valence-electron chi connectivity index (χ4n) is 2.69. The highest BCUT2D eigenvalue weighted by atomic mass is 35.5. The van der Waals surface area contributed by atoms with E-state index in [0.717, 1.165) is 0 Å². The van der Waals surface area contributed by atoms with Crippen molar-refractivity contribution < 1.29 is 0 Å². The number of hydrogen-bond acceptors (Lipinski definition) is 0. The molecule has 0 nitrogen and oxygen atoms in total. The fraction of sp³-hybridized carbons (Fsp3) is 0.143. The summed E-state index contributed by atoms with van der Waals surface area (Å²) in [5.41, 5.74) is 6.00. The monoisotopic (exact) mass is 278 g/mol. The van der Waals surface area contributed by atoms with Gasteiger partial charge in [-0.1, -0.05) is 48.5 Å². The number of fused-ring (bicyclic) bond motifs is 3. The van der Waals surface area contributed by atoms with Gasteiger partial charge >= 0.3 is 0 Å². The second kappa shape index (κ2) is 4.49. The van der Waals surface area contributed by atoms with E-state index < -0.39 is 9.52 Å². The van der Waals surface area contributed by atoms with Crippen LogP contribution in [0.4, 0.5) is 0 Å². The summed E-state index contributed by atoms with van der Waals surface area (Å²) >= 11 is 12.0. The molecule has 1 aliphatic carbocycles. The first-order chi connectivity index (χ1) is 8.27. The van der Waals surface area contributed by atoms with Crippen LogP contribution in [0.25, 0.3) is 11.1 Å². The third kappa shape index (κ3) is 1.93. The van der Waals surface area contributed by atoms with Crippen LogP contribution >= 0.6 is 23.2 Å². The van der Waals surface area contributed by atoms with Gasteiger partial charge in [-0.2, -0.15) is 0 Å². The average Bonchev–Trinajstić information content (AvgIpc) is 2.65. The summed E-state index contributed by atoms with van der Waals surface area (Å²) in [5.74, 6) is 0. The summed E-state index contributed by atoms with van der Waals surface area (Å²) in [6.45, 7) is 0. The molecule has 0 aromatic heterocycles. The number of alkyl halides is 2. The van der Waals surface area contributed by atoms with Crippen molar-refractivity contribution in [3.05, 3.63) is 59.7 Å². The van der Waals surface area contributed by atoms with Gasteiger partial charge in [0.25, 0.3) is 0 Å². The lowest BCUT2D eigenvalue weighted by molar-refractivity contribution is 1.17. The summed E-state index contributed by atoms with van der Waals surface area (Å²) in [5, 5.41) is 0. The lowest BCUT2D eigenvalue weighted by atomic mass is 10.1. The van der Waals surface area contributed by atoms with Crippen LogP contribution in [0, 0.1) is 0 Å². The molecular weight excluding hydrogens is 267 g/mol. The lowest BCUT2D eigenvalue weighted by Crippen LogP contribution is -2.13. The van der Waals surface area contributed by atoms with Gasteiger partial charge in [-0.15, -0.1) is 23.2 Å². The van der Waals surface area contributed by atoms with Crippen LogP contribution in [0.15, 0.2) is 48.5 Å². The normalized spacial score (nSPS) is 14.5. The molecule has 0 fully saturated rings. The Morgan fingerprint density at radius 3 is 1.76 bits per heavy atom. The average molecular weight is 279 g/mol. The van der Waals surface area contributed by atoms with Gasteiger partial charge in [0.15, 0.2) is 0 Å². The van der Waals surface area contributed by atoms with Gasteiger partial charge in [0.1, 0.15) is 0 Å². The van der Waals surface area contributed by atoms with Crippen LogP contribution in [0.2, 0.25) is 0 Å². The molecule has 0 radical (unpaired) electrons. The zero-order valence-corrected chi connectivity index (χ0v) is 12.2. The second-order valence-corrected chi connectivity index (χ2v) is 8.77. The van der Waals surface area contributed by atoms with Gasteiger partial charge in [-0.05, 0) is 22.3 Å². The third-order valence-electron chi connectivity index (χ3n) is 3.38. The molecule has 0 N–H and O–H groups in total. The molecule has 3 heteroatoms. The number of hydrogen-bond donors (Lipinski definition) is 0. The van der Waals surface area contributed by atoms with Gasteiger partial charge in [0, 0.05) is 5.54 Å². The lowest BCUT2D eigenvalue weighted by Gasteiger charge is -2.12. The van der Waals surface area contributed by atoms with E-state index in [1.807, 2.05) is 0 Å². The minimum absolute atomic E-state index is 0.181. The Kier molecular flexibility index (Phi) is 2.99. The van der Waals surface area contributed by atoms with Crippen molar-refractivity contribution in [1.82, 2.24) is 0 Å². The predicted octanol–water partition coefficient (Wildman–Crippen LogP) is 3.69. The van der Waals surface area contributed by atoms with E-state index >= 15 is 0 Å². The van der Waals surface area contributed by atoms with Gasteiger partial charge in [-0.3, -0.25) is 0 Å². The highest BCUT2D eigenvalue weighted by molar-refractivity contribution is 6.69. The smallest absolute Gasteiger partial charge is 0.0918 e. The molecule has 2 aromatic carbocycles. The molecule has 86 valence electrons. The molecule has 0 unspecified atom stereocenters. The summed E-state index contributed by atoms with van der Waals surface area (Å²) in [7, 11) is -0.564. The van der Waals surface area contributed by atoms with Crippen molar-refractivity contribution in [2.24, 2.45) is 0 Å². The van der Waals surface area contributed by atoms with E-state index in [0.29, 0.717) is 5.54 Å². The van der Waals surface area contributed by atoms with Crippen molar-refractivity contribution in [3.8, 4) is 11.1 Å². The predicted molar refractivity (Wildman–Crippen MR) is 77.8 cm³/mol. The highest BCUT2D eigenvalue weighted by Crippen LogP contribution is 2.44. The summed E-state index contributed by atoms with van der Waals surface area (Å²) in [6.07, 6.45) is 0. The maximum absolute atomic E-state index is 6.02. The van der Waals surface area contributed by atoms with E-state index in [4.69, 9.17) is 23.2 Å². The van der Waals surface area contributed by atoms with Crippen LogP contribution in [0.1, 0.15) is 16.7 Å². The Morgan fingerprint density at radius 1 is 0.824 bits per heavy atom. The largest absolute Gasteiger partial charge is 0.110 e. The molecule has 0 saturated carbocycles. The molecule has 0 bridgehead atoms. The van der Waals surface area contributed by atoms with Crippen molar-refractivity contribution in [1.29, 1.82) is 0 Å². The quantitative estimate of drug-likeness (QED) is 0.581. The van der Waals surface area contributed by atoms with Gasteiger partial charge in [-0.25, -0.2) is 0 Å². The number of benzene rings is 2. The third-order valence-corrected chi connectivity index (χ3v) is 6.15. The first-order valence-corrected chi connectivity index (χ1v) is 8.24. The molecule has 0 heterocycles. The Balaban J connectivity index is 2.17. The SMILES string of the molecule is ClC(Cl)[SiH2]C1c2ccccc2-c2ccccc21. The maximum Gasteiger partial charge on any atom is 0.0918 e. The minimum Gasteiger partial charge on any atom is -0.110 e. The minimum atomic E-state index is -0.564. The zero-order valence-electron chi connectivity index (χ0n) is 9.24.